The van der Waals surface area contributed by atoms with Gasteiger partial charge in [-0.15, -0.1) is 0 Å². The minimum atomic E-state index is -3.42. The Morgan fingerprint density at radius 1 is 1.50 bits per heavy atom. The molecule has 24 heavy (non-hydrogen) atoms. The lowest BCUT2D eigenvalue weighted by molar-refractivity contribution is -0.0548. The third kappa shape index (κ3) is 3.85. The Hall–Kier alpha value is -0.870. The van der Waals surface area contributed by atoms with Crippen LogP contribution in [0.4, 0.5) is 5.82 Å². The monoisotopic (exact) mass is 379 g/mol. The molecular weight excluding hydrogens is 357 g/mol. The first-order valence-corrected chi connectivity index (χ1v) is 9.94. The molecule has 0 saturated carbocycles. The fraction of sp³-hybridized carbons (Fsp3) is 0.692. The van der Waals surface area contributed by atoms with Crippen molar-refractivity contribution in [1.82, 2.24) is 9.55 Å². The second-order valence-corrected chi connectivity index (χ2v) is 8.27. The van der Waals surface area contributed by atoms with Crippen molar-refractivity contribution in [2.24, 2.45) is 0 Å². The second-order valence-electron chi connectivity index (χ2n) is 5.37. The third-order valence-electron chi connectivity index (χ3n) is 3.87. The van der Waals surface area contributed by atoms with Gasteiger partial charge in [-0.1, -0.05) is 6.92 Å². The van der Waals surface area contributed by atoms with Gasteiger partial charge in [-0.3, -0.25) is 9.09 Å². The van der Waals surface area contributed by atoms with Crippen molar-refractivity contribution in [2.45, 2.75) is 44.8 Å². The van der Waals surface area contributed by atoms with Crippen molar-refractivity contribution in [3.8, 4) is 0 Å². The van der Waals surface area contributed by atoms with Crippen molar-refractivity contribution in [3.05, 3.63) is 22.2 Å². The van der Waals surface area contributed by atoms with E-state index < -0.39 is 36.9 Å². The van der Waals surface area contributed by atoms with E-state index >= 15 is 0 Å². The third-order valence-corrected chi connectivity index (χ3v) is 5.54. The summed E-state index contributed by atoms with van der Waals surface area (Å²) in [5.41, 5.74) is 5.62. The van der Waals surface area contributed by atoms with Crippen LogP contribution in [0.1, 0.15) is 25.3 Å². The molecule has 0 aromatic carbocycles. The molecule has 3 unspecified atom stereocenters. The van der Waals surface area contributed by atoms with E-state index in [1.54, 1.807) is 13.0 Å². The quantitative estimate of drug-likeness (QED) is 0.689. The van der Waals surface area contributed by atoms with Gasteiger partial charge in [-0.2, -0.15) is 4.98 Å². The van der Waals surface area contributed by atoms with E-state index in [9.17, 15) is 9.69 Å². The Morgan fingerprint density at radius 2 is 2.17 bits per heavy atom. The molecule has 0 radical (unpaired) electrons. The van der Waals surface area contributed by atoms with Gasteiger partial charge in [-0.05, 0) is 31.2 Å². The fourth-order valence-electron chi connectivity index (χ4n) is 2.76. The van der Waals surface area contributed by atoms with Crippen LogP contribution in [-0.2, 0) is 30.3 Å². The molecule has 0 bridgehead atoms. The lowest BCUT2D eigenvalue weighted by Crippen LogP contribution is -2.39. The first kappa shape index (κ1) is 19.5. The highest BCUT2D eigenvalue weighted by atomic mass is 32.5. The van der Waals surface area contributed by atoms with Gasteiger partial charge in [0.2, 0.25) is 0 Å². The molecule has 1 saturated heterocycles. The minimum Gasteiger partial charge on any atom is -0.383 e. The number of methoxy groups -OCH3 is 1. The molecule has 1 aliphatic rings. The maximum absolute atomic E-state index is 12.3. The van der Waals surface area contributed by atoms with E-state index in [0.29, 0.717) is 12.1 Å². The van der Waals surface area contributed by atoms with E-state index in [1.807, 2.05) is 6.92 Å². The summed E-state index contributed by atoms with van der Waals surface area (Å²) < 4.78 is 23.2. The number of aromatic nitrogens is 2. The number of hydrogen-bond donors (Lipinski definition) is 2. The average Bonchev–Trinajstić information content (AvgIpc) is 2.83. The van der Waals surface area contributed by atoms with Crippen molar-refractivity contribution in [1.29, 1.82) is 0 Å². The van der Waals surface area contributed by atoms with Crippen molar-refractivity contribution in [3.63, 3.8) is 0 Å². The normalized spacial score (nSPS) is 29.5. The fourth-order valence-corrected chi connectivity index (χ4v) is 3.71. The van der Waals surface area contributed by atoms with Gasteiger partial charge >= 0.3 is 12.4 Å². The molecule has 1 aliphatic heterocycles. The topological polar surface area (TPSA) is 118 Å². The molecule has 3 N–H and O–H groups in total. The molecule has 2 rings (SSSR count). The van der Waals surface area contributed by atoms with Crippen molar-refractivity contribution >= 4 is 24.3 Å². The summed E-state index contributed by atoms with van der Waals surface area (Å²) in [6.07, 6.45) is -2.02. The van der Waals surface area contributed by atoms with Gasteiger partial charge < -0.3 is 24.6 Å². The second kappa shape index (κ2) is 7.57. The van der Waals surface area contributed by atoms with E-state index in [2.05, 4.69) is 4.98 Å². The zero-order chi connectivity index (χ0) is 18.1. The van der Waals surface area contributed by atoms with Crippen LogP contribution in [0.15, 0.2) is 10.9 Å². The lowest BCUT2D eigenvalue weighted by Gasteiger charge is -2.26. The Morgan fingerprint density at radius 3 is 2.67 bits per heavy atom. The predicted octanol–water partition coefficient (Wildman–Crippen LogP) is 0.705. The molecule has 0 aliphatic carbocycles. The van der Waals surface area contributed by atoms with E-state index in [1.165, 1.54) is 18.8 Å². The maximum Gasteiger partial charge on any atom is 0.351 e. The summed E-state index contributed by atoms with van der Waals surface area (Å²) >= 11 is 4.92. The molecule has 5 atom stereocenters. The van der Waals surface area contributed by atoms with Crippen LogP contribution in [0.2, 0.25) is 0 Å². The first-order valence-electron chi connectivity index (χ1n) is 7.35. The minimum absolute atomic E-state index is 0.130. The number of ether oxygens (including phenoxy) is 2. The van der Waals surface area contributed by atoms with Crippen LogP contribution in [0.3, 0.4) is 0 Å². The Kier molecular flexibility index (Phi) is 6.14. The number of nitrogens with zero attached hydrogens (tertiary/aromatic N) is 2. The van der Waals surface area contributed by atoms with E-state index in [0.717, 1.165) is 0 Å². The van der Waals surface area contributed by atoms with Crippen molar-refractivity contribution in [2.75, 3.05) is 20.0 Å². The summed E-state index contributed by atoms with van der Waals surface area (Å²) in [5, 5.41) is 0. The summed E-state index contributed by atoms with van der Waals surface area (Å²) in [4.78, 5) is 26.0. The molecule has 1 fully saturated rings. The number of anilines is 1. The summed E-state index contributed by atoms with van der Waals surface area (Å²) in [6, 6.07) is 1.57. The van der Waals surface area contributed by atoms with Crippen LogP contribution in [0.25, 0.3) is 0 Å². The zero-order valence-electron chi connectivity index (χ0n) is 13.9. The highest BCUT2D eigenvalue weighted by molar-refractivity contribution is 8.07. The number of rotatable bonds is 6. The summed E-state index contributed by atoms with van der Waals surface area (Å²) in [7, 11) is 2.74. The van der Waals surface area contributed by atoms with Gasteiger partial charge in [0.05, 0.1) is 6.10 Å². The van der Waals surface area contributed by atoms with Gasteiger partial charge in [-0.25, -0.2) is 4.79 Å². The highest BCUT2D eigenvalue weighted by Gasteiger charge is 2.48. The number of nitrogens with two attached hydrogens (primary N) is 1. The number of aryl methyl sites for hydroxylation is 1. The van der Waals surface area contributed by atoms with E-state index in [-0.39, 0.29) is 5.82 Å². The SMILES string of the molecule is CC[C@H]1O[C@@H](n2c(C)cc(N)nc2=O)C(OC)C1OP(O)(=S)OC. The van der Waals surface area contributed by atoms with Gasteiger partial charge in [0, 0.05) is 19.9 Å². The molecule has 0 spiro atoms. The average molecular weight is 379 g/mol. The summed E-state index contributed by atoms with van der Waals surface area (Å²) in [6.45, 7) is 0.185. The van der Waals surface area contributed by atoms with Crippen LogP contribution >= 0.6 is 6.72 Å². The lowest BCUT2D eigenvalue weighted by atomic mass is 10.1. The van der Waals surface area contributed by atoms with Crippen molar-refractivity contribution < 1.29 is 23.4 Å². The zero-order valence-corrected chi connectivity index (χ0v) is 15.6. The van der Waals surface area contributed by atoms with Crippen LogP contribution in [-0.4, -0.2) is 47.0 Å². The van der Waals surface area contributed by atoms with E-state index in [4.69, 9.17) is 36.1 Å². The predicted molar refractivity (Wildman–Crippen MR) is 91.0 cm³/mol. The van der Waals surface area contributed by atoms with Gasteiger partial charge in [0.25, 0.3) is 0 Å². The molecule has 1 aromatic heterocycles. The number of hydrogen-bond acceptors (Lipinski definition) is 8. The first-order chi connectivity index (χ1) is 11.2. The van der Waals surface area contributed by atoms with Crippen LogP contribution in [0.5, 0.6) is 0 Å². The largest absolute Gasteiger partial charge is 0.383 e. The Balaban J connectivity index is 2.43. The molecule has 9 nitrogen and oxygen atoms in total. The highest BCUT2D eigenvalue weighted by Crippen LogP contribution is 2.48. The van der Waals surface area contributed by atoms with Crippen LogP contribution < -0.4 is 11.4 Å². The molecule has 11 heteroatoms. The Bertz CT molecular complexity index is 699. The van der Waals surface area contributed by atoms with Crippen LogP contribution in [0, 0.1) is 6.92 Å². The molecule has 0 amide bonds. The van der Waals surface area contributed by atoms with Gasteiger partial charge in [0.1, 0.15) is 18.0 Å². The molecule has 1 aromatic rings. The molecule has 136 valence electrons. The number of nitrogen functional groups attached to an aromatic ring is 1. The maximum atomic E-state index is 12.3. The standard InChI is InChI=1S/C13H22N3O6PS/c1-5-8-10(22-23(18,24)20-4)11(19-3)12(21-8)16-7(2)6-9(14)15-13(16)17/h6,8,10-12H,5H2,1-4H3,(H,18,24)(H2,14,15,17)/t8-,10?,11?,12-,23?/m1/s1. The summed E-state index contributed by atoms with van der Waals surface area (Å²) in [5.74, 6) is 0.130. The smallest absolute Gasteiger partial charge is 0.351 e. The van der Waals surface area contributed by atoms with Gasteiger partial charge in [0.15, 0.2) is 6.23 Å². The molecular formula is C13H22N3O6PS. The molecule has 2 heterocycles. The Labute approximate surface area is 144 Å².